The predicted octanol–water partition coefficient (Wildman–Crippen LogP) is 0.365. The number of nitrogens with zero attached hydrogens (tertiary/aromatic N) is 3. The number of fused-ring (bicyclic) bond motifs is 1. The number of sulfonamides is 1. The van der Waals surface area contributed by atoms with Crippen molar-refractivity contribution in [3.8, 4) is 0 Å². The van der Waals surface area contributed by atoms with Crippen LogP contribution in [0.15, 0.2) is 29.2 Å². The van der Waals surface area contributed by atoms with Crippen LogP contribution in [0.2, 0.25) is 0 Å². The van der Waals surface area contributed by atoms with Gasteiger partial charge in [-0.1, -0.05) is 12.1 Å². The number of hydrogen-bond donors (Lipinski definition) is 1. The number of carbonyl (C=O) groups excluding carboxylic acids is 2. The third-order valence-electron chi connectivity index (χ3n) is 5.25. The van der Waals surface area contributed by atoms with Gasteiger partial charge in [0.25, 0.3) is 15.9 Å². The van der Waals surface area contributed by atoms with E-state index >= 15 is 0 Å². The van der Waals surface area contributed by atoms with E-state index < -0.39 is 15.9 Å². The van der Waals surface area contributed by atoms with Gasteiger partial charge in [-0.2, -0.15) is 0 Å². The highest BCUT2D eigenvalue weighted by Crippen LogP contribution is 2.29. The number of rotatable bonds is 8. The first-order valence-corrected chi connectivity index (χ1v) is 11.2. The molecule has 154 valence electrons. The number of amides is 2. The molecule has 1 fully saturated rings. The molecule has 1 aromatic rings. The molecule has 1 N–H and O–H groups in total. The highest BCUT2D eigenvalue weighted by Gasteiger charge is 2.40. The molecule has 28 heavy (non-hydrogen) atoms. The van der Waals surface area contributed by atoms with Crippen LogP contribution in [0.1, 0.15) is 29.6 Å². The van der Waals surface area contributed by atoms with Crippen molar-refractivity contribution in [1.82, 2.24) is 19.4 Å². The summed E-state index contributed by atoms with van der Waals surface area (Å²) >= 11 is 0. The average molecular weight is 409 g/mol. The normalized spacial score (nSPS) is 19.6. The fraction of sp³-hybridized carbons (Fsp3) is 0.579. The lowest BCUT2D eigenvalue weighted by Gasteiger charge is -2.32. The van der Waals surface area contributed by atoms with E-state index in [0.29, 0.717) is 13.0 Å². The van der Waals surface area contributed by atoms with E-state index in [-0.39, 0.29) is 29.3 Å². The zero-order chi connectivity index (χ0) is 20.1. The van der Waals surface area contributed by atoms with Gasteiger partial charge in [0.2, 0.25) is 5.91 Å². The van der Waals surface area contributed by atoms with Gasteiger partial charge in [-0.25, -0.2) is 12.7 Å². The summed E-state index contributed by atoms with van der Waals surface area (Å²) < 4.78 is 25.8. The maximum absolute atomic E-state index is 12.4. The van der Waals surface area contributed by atoms with Gasteiger partial charge in [0, 0.05) is 45.7 Å². The van der Waals surface area contributed by atoms with Gasteiger partial charge in [0.1, 0.15) is 4.90 Å². The monoisotopic (exact) mass is 408 g/mol. The average Bonchev–Trinajstić information content (AvgIpc) is 2.87. The van der Waals surface area contributed by atoms with Crippen molar-refractivity contribution in [3.63, 3.8) is 0 Å². The third-order valence-corrected chi connectivity index (χ3v) is 7.09. The molecular formula is C19H28N4O4S. The van der Waals surface area contributed by atoms with Crippen LogP contribution >= 0.6 is 0 Å². The Balaban J connectivity index is 1.35. The maximum atomic E-state index is 12.4. The van der Waals surface area contributed by atoms with E-state index in [2.05, 4.69) is 22.2 Å². The first-order valence-electron chi connectivity index (χ1n) is 9.73. The lowest BCUT2D eigenvalue weighted by atomic mass is 10.2. The molecule has 0 atom stereocenters. The SMILES string of the molecule is CN1CCN(CCCNC(=O)CCCN2C(=O)c3ccccc3S2(=O)=O)CC1. The van der Waals surface area contributed by atoms with E-state index in [1.165, 1.54) is 12.1 Å². The molecule has 9 heteroatoms. The van der Waals surface area contributed by atoms with Crippen LogP contribution in [0, 0.1) is 0 Å². The zero-order valence-corrected chi connectivity index (χ0v) is 17.1. The van der Waals surface area contributed by atoms with E-state index in [0.717, 1.165) is 43.4 Å². The standard InChI is InChI=1S/C19H28N4O4S/c1-21-12-14-22(15-13-21)10-5-9-20-18(24)8-4-11-23-19(25)16-6-2-3-7-17(16)28(23,26)27/h2-3,6-7H,4-5,8-15H2,1H3,(H,20,24). The highest BCUT2D eigenvalue weighted by molar-refractivity contribution is 7.90. The smallest absolute Gasteiger partial charge is 0.269 e. The molecule has 2 aliphatic heterocycles. The van der Waals surface area contributed by atoms with Crippen molar-refractivity contribution < 1.29 is 18.0 Å². The first-order chi connectivity index (χ1) is 13.4. The summed E-state index contributed by atoms with van der Waals surface area (Å²) in [5, 5.41) is 2.88. The first kappa shape index (κ1) is 20.8. The fourth-order valence-corrected chi connectivity index (χ4v) is 5.13. The summed E-state index contributed by atoms with van der Waals surface area (Å²) in [4.78, 5) is 29.0. The van der Waals surface area contributed by atoms with Crippen LogP contribution in [-0.4, -0.2) is 87.2 Å². The molecule has 1 saturated heterocycles. The second-order valence-electron chi connectivity index (χ2n) is 7.33. The van der Waals surface area contributed by atoms with Gasteiger partial charge in [-0.3, -0.25) is 9.59 Å². The van der Waals surface area contributed by atoms with Crippen LogP contribution in [-0.2, 0) is 14.8 Å². The van der Waals surface area contributed by atoms with E-state index in [9.17, 15) is 18.0 Å². The molecular weight excluding hydrogens is 380 g/mol. The maximum Gasteiger partial charge on any atom is 0.269 e. The van der Waals surface area contributed by atoms with Gasteiger partial charge in [0.05, 0.1) is 5.56 Å². The van der Waals surface area contributed by atoms with Crippen molar-refractivity contribution in [2.45, 2.75) is 24.2 Å². The van der Waals surface area contributed by atoms with E-state index in [4.69, 9.17) is 0 Å². The fourth-order valence-electron chi connectivity index (χ4n) is 3.53. The van der Waals surface area contributed by atoms with Crippen molar-refractivity contribution in [3.05, 3.63) is 29.8 Å². The quantitative estimate of drug-likeness (QED) is 0.625. The van der Waals surface area contributed by atoms with Gasteiger partial charge in [-0.15, -0.1) is 0 Å². The Kier molecular flexibility index (Phi) is 6.69. The molecule has 0 bridgehead atoms. The topological polar surface area (TPSA) is 90.0 Å². The number of nitrogens with one attached hydrogen (secondary N) is 1. The summed E-state index contributed by atoms with van der Waals surface area (Å²) in [6, 6.07) is 6.20. The summed E-state index contributed by atoms with van der Waals surface area (Å²) in [7, 11) is -1.67. The Labute approximate surface area is 166 Å². The van der Waals surface area contributed by atoms with E-state index in [1.807, 2.05) is 0 Å². The minimum atomic E-state index is -3.79. The summed E-state index contributed by atoms with van der Waals surface area (Å²) in [5.41, 5.74) is 0.204. The second kappa shape index (κ2) is 9.02. The Morgan fingerprint density at radius 3 is 2.50 bits per heavy atom. The highest BCUT2D eigenvalue weighted by atomic mass is 32.2. The van der Waals surface area contributed by atoms with Crippen molar-refractivity contribution in [1.29, 1.82) is 0 Å². The molecule has 0 aromatic heterocycles. The summed E-state index contributed by atoms with van der Waals surface area (Å²) in [6.07, 6.45) is 1.40. The Morgan fingerprint density at radius 2 is 1.79 bits per heavy atom. The van der Waals surface area contributed by atoms with Crippen LogP contribution in [0.3, 0.4) is 0 Å². The van der Waals surface area contributed by atoms with Crippen molar-refractivity contribution in [2.24, 2.45) is 0 Å². The third kappa shape index (κ3) is 4.71. The molecule has 2 heterocycles. The molecule has 0 spiro atoms. The van der Waals surface area contributed by atoms with Gasteiger partial charge in [0.15, 0.2) is 0 Å². The summed E-state index contributed by atoms with van der Waals surface area (Å²) in [6.45, 7) is 5.87. The lowest BCUT2D eigenvalue weighted by Crippen LogP contribution is -2.45. The molecule has 0 saturated carbocycles. The molecule has 3 rings (SSSR count). The minimum absolute atomic E-state index is 0.0184. The largest absolute Gasteiger partial charge is 0.356 e. The van der Waals surface area contributed by atoms with Gasteiger partial charge < -0.3 is 15.1 Å². The van der Waals surface area contributed by atoms with E-state index in [1.54, 1.807) is 12.1 Å². The summed E-state index contributed by atoms with van der Waals surface area (Å²) in [5.74, 6) is -0.622. The Hall–Kier alpha value is -1.97. The molecule has 0 aliphatic carbocycles. The van der Waals surface area contributed by atoms with Crippen LogP contribution < -0.4 is 5.32 Å². The van der Waals surface area contributed by atoms with Gasteiger partial charge >= 0.3 is 0 Å². The molecule has 2 amide bonds. The lowest BCUT2D eigenvalue weighted by molar-refractivity contribution is -0.121. The number of benzene rings is 1. The molecule has 8 nitrogen and oxygen atoms in total. The molecule has 2 aliphatic rings. The molecule has 0 unspecified atom stereocenters. The van der Waals surface area contributed by atoms with Crippen molar-refractivity contribution in [2.75, 3.05) is 52.9 Å². The second-order valence-corrected chi connectivity index (χ2v) is 9.16. The molecule has 0 radical (unpaired) electrons. The number of piperazine rings is 1. The van der Waals surface area contributed by atoms with Crippen LogP contribution in [0.25, 0.3) is 0 Å². The van der Waals surface area contributed by atoms with Crippen LogP contribution in [0.5, 0.6) is 0 Å². The predicted molar refractivity (Wildman–Crippen MR) is 105 cm³/mol. The van der Waals surface area contributed by atoms with Crippen molar-refractivity contribution >= 4 is 21.8 Å². The van der Waals surface area contributed by atoms with Gasteiger partial charge in [-0.05, 0) is 38.6 Å². The molecule has 1 aromatic carbocycles. The Bertz CT molecular complexity index is 819. The van der Waals surface area contributed by atoms with Crippen LogP contribution in [0.4, 0.5) is 0 Å². The number of carbonyl (C=O) groups is 2. The number of hydrogen-bond acceptors (Lipinski definition) is 6. The minimum Gasteiger partial charge on any atom is -0.356 e. The number of likely N-dealkylation sites (N-methyl/N-ethyl adjacent to an activating group) is 1. The zero-order valence-electron chi connectivity index (χ0n) is 16.3. The Morgan fingerprint density at radius 1 is 1.07 bits per heavy atom.